The minimum absolute atomic E-state index is 0.0786. The molecule has 1 aliphatic heterocycles. The smallest absolute Gasteiger partial charge is 0.253 e. The lowest BCUT2D eigenvalue weighted by Crippen LogP contribution is -2.43. The number of benzene rings is 2. The van der Waals surface area contributed by atoms with Crippen molar-refractivity contribution in [2.45, 2.75) is 18.0 Å². The Labute approximate surface area is 201 Å². The molecule has 0 bridgehead atoms. The van der Waals surface area contributed by atoms with E-state index >= 15 is 0 Å². The molecule has 2 aromatic carbocycles. The van der Waals surface area contributed by atoms with Crippen LogP contribution in [0, 0.1) is 5.92 Å². The van der Waals surface area contributed by atoms with E-state index in [4.69, 9.17) is 0 Å². The van der Waals surface area contributed by atoms with Gasteiger partial charge in [-0.1, -0.05) is 36.0 Å². The van der Waals surface area contributed by atoms with E-state index in [0.29, 0.717) is 29.5 Å². The van der Waals surface area contributed by atoms with E-state index in [9.17, 15) is 14.4 Å². The number of carbonyl (C=O) groups excluding carboxylic acids is 3. The number of hydrogen-bond acceptors (Lipinski definition) is 6. The van der Waals surface area contributed by atoms with E-state index in [1.165, 1.54) is 11.8 Å². The maximum absolute atomic E-state index is 13.1. The average Bonchev–Trinajstić information content (AvgIpc) is 3.27. The number of hydrogen-bond donors (Lipinski definition) is 2. The fraction of sp³-hybridized carbons (Fsp3) is 0.292. The van der Waals surface area contributed by atoms with Gasteiger partial charge in [0.2, 0.25) is 11.8 Å². The van der Waals surface area contributed by atoms with Crippen LogP contribution in [0.1, 0.15) is 23.2 Å². The first-order valence-corrected chi connectivity index (χ1v) is 12.0. The minimum Gasteiger partial charge on any atom is -0.338 e. The standard InChI is InChI=1S/C24H26N6O3S/c1-29-16-25-28-24(29)34-15-21(31)26-20-11-5-7-17(13-20)23(33)30-12-6-8-18(14-30)22(32)27-19-9-3-2-4-10-19/h2-5,7,9-11,13,16,18H,6,8,12,14-15H2,1H3,(H,26,31)(H,27,32). The van der Waals surface area contributed by atoms with E-state index in [1.54, 1.807) is 40.1 Å². The van der Waals surface area contributed by atoms with Crippen LogP contribution in [0.5, 0.6) is 0 Å². The molecule has 1 fully saturated rings. The van der Waals surface area contributed by atoms with E-state index in [-0.39, 0.29) is 29.4 Å². The molecule has 4 rings (SSSR count). The third-order valence-corrected chi connectivity index (χ3v) is 6.55. The Morgan fingerprint density at radius 2 is 1.85 bits per heavy atom. The van der Waals surface area contributed by atoms with Gasteiger partial charge in [-0.3, -0.25) is 14.4 Å². The minimum atomic E-state index is -0.265. The fourth-order valence-corrected chi connectivity index (χ4v) is 4.47. The monoisotopic (exact) mass is 478 g/mol. The molecule has 1 saturated heterocycles. The Morgan fingerprint density at radius 3 is 2.62 bits per heavy atom. The van der Waals surface area contributed by atoms with Gasteiger partial charge in [0.1, 0.15) is 6.33 Å². The SMILES string of the molecule is Cn1cnnc1SCC(=O)Nc1cccc(C(=O)N2CCCC(C(=O)Nc3ccccc3)C2)c1. The zero-order chi connectivity index (χ0) is 23.9. The lowest BCUT2D eigenvalue weighted by molar-refractivity contribution is -0.121. The van der Waals surface area contributed by atoms with Crippen LogP contribution in [-0.4, -0.2) is 56.2 Å². The Balaban J connectivity index is 1.34. The lowest BCUT2D eigenvalue weighted by atomic mass is 9.96. The first-order valence-electron chi connectivity index (χ1n) is 11.0. The molecule has 1 aliphatic rings. The first-order chi connectivity index (χ1) is 16.5. The number of amides is 3. The van der Waals surface area contributed by atoms with Crippen LogP contribution in [0.3, 0.4) is 0 Å². The summed E-state index contributed by atoms with van der Waals surface area (Å²) >= 11 is 1.28. The molecule has 0 spiro atoms. The Bertz CT molecular complexity index is 1170. The van der Waals surface area contributed by atoms with Gasteiger partial charge in [0.15, 0.2) is 5.16 Å². The number of nitrogens with one attached hydrogen (secondary N) is 2. The molecule has 1 unspecified atom stereocenters. The highest BCUT2D eigenvalue weighted by molar-refractivity contribution is 7.99. The molecular formula is C24H26N6O3S. The van der Waals surface area contributed by atoms with Crippen molar-refractivity contribution in [2.24, 2.45) is 13.0 Å². The zero-order valence-electron chi connectivity index (χ0n) is 18.8. The molecule has 176 valence electrons. The van der Waals surface area contributed by atoms with Gasteiger partial charge in [-0.05, 0) is 43.2 Å². The summed E-state index contributed by atoms with van der Waals surface area (Å²) in [6, 6.07) is 16.2. The van der Waals surface area contributed by atoms with Gasteiger partial charge < -0.3 is 20.1 Å². The molecule has 9 nitrogen and oxygen atoms in total. The Hall–Kier alpha value is -3.66. The maximum Gasteiger partial charge on any atom is 0.253 e. The molecule has 2 N–H and O–H groups in total. The number of aryl methyl sites for hydroxylation is 1. The van der Waals surface area contributed by atoms with E-state index < -0.39 is 0 Å². The molecule has 1 atom stereocenters. The van der Waals surface area contributed by atoms with Crippen LogP contribution in [-0.2, 0) is 16.6 Å². The topological polar surface area (TPSA) is 109 Å². The highest BCUT2D eigenvalue weighted by Gasteiger charge is 2.29. The van der Waals surface area contributed by atoms with Crippen LogP contribution in [0.2, 0.25) is 0 Å². The van der Waals surface area contributed by atoms with Gasteiger partial charge >= 0.3 is 0 Å². The van der Waals surface area contributed by atoms with E-state index in [1.807, 2.05) is 37.4 Å². The first kappa shape index (κ1) is 23.5. The summed E-state index contributed by atoms with van der Waals surface area (Å²) in [5, 5.41) is 14.1. The zero-order valence-corrected chi connectivity index (χ0v) is 19.6. The highest BCUT2D eigenvalue weighted by Crippen LogP contribution is 2.22. The molecule has 2 heterocycles. The number of thioether (sulfide) groups is 1. The average molecular weight is 479 g/mol. The summed E-state index contributed by atoms with van der Waals surface area (Å²) in [7, 11) is 1.81. The van der Waals surface area contributed by atoms with Gasteiger partial charge in [0, 0.05) is 37.1 Å². The lowest BCUT2D eigenvalue weighted by Gasteiger charge is -2.32. The molecule has 1 aromatic heterocycles. The number of carbonyl (C=O) groups is 3. The number of para-hydroxylation sites is 1. The Kier molecular flexibility index (Phi) is 7.58. The van der Waals surface area contributed by atoms with E-state index in [0.717, 1.165) is 18.5 Å². The third kappa shape index (κ3) is 6.02. The summed E-state index contributed by atoms with van der Waals surface area (Å²) in [6.45, 7) is 0.960. The van der Waals surface area contributed by atoms with Crippen molar-refractivity contribution < 1.29 is 14.4 Å². The van der Waals surface area contributed by atoms with Crippen molar-refractivity contribution in [3.63, 3.8) is 0 Å². The normalized spacial score (nSPS) is 15.6. The molecule has 3 aromatic rings. The number of anilines is 2. The number of rotatable bonds is 7. The molecule has 0 saturated carbocycles. The van der Waals surface area contributed by atoms with Gasteiger partial charge in [-0.15, -0.1) is 10.2 Å². The van der Waals surface area contributed by atoms with Crippen LogP contribution in [0.15, 0.2) is 66.1 Å². The molecule has 34 heavy (non-hydrogen) atoms. The molecule has 3 amide bonds. The predicted molar refractivity (Wildman–Crippen MR) is 130 cm³/mol. The molecule has 0 radical (unpaired) electrons. The molecule has 0 aliphatic carbocycles. The number of likely N-dealkylation sites (tertiary alicyclic amines) is 1. The number of piperidine rings is 1. The van der Waals surface area contributed by atoms with Crippen molar-refractivity contribution in [1.29, 1.82) is 0 Å². The molecular weight excluding hydrogens is 452 g/mol. The van der Waals surface area contributed by atoms with Gasteiger partial charge in [-0.25, -0.2) is 0 Å². The van der Waals surface area contributed by atoms with Crippen molar-refractivity contribution in [3.05, 3.63) is 66.5 Å². The third-order valence-electron chi connectivity index (χ3n) is 5.52. The van der Waals surface area contributed by atoms with Crippen LogP contribution in [0.25, 0.3) is 0 Å². The fourth-order valence-electron chi connectivity index (χ4n) is 3.78. The largest absolute Gasteiger partial charge is 0.338 e. The summed E-state index contributed by atoms with van der Waals surface area (Å²) in [6.07, 6.45) is 3.07. The predicted octanol–water partition coefficient (Wildman–Crippen LogP) is 3.04. The van der Waals surface area contributed by atoms with Crippen molar-refractivity contribution >= 4 is 40.9 Å². The number of nitrogens with zero attached hydrogens (tertiary/aromatic N) is 4. The van der Waals surface area contributed by atoms with Crippen LogP contribution in [0.4, 0.5) is 11.4 Å². The number of aromatic nitrogens is 3. The van der Waals surface area contributed by atoms with Crippen LogP contribution < -0.4 is 10.6 Å². The van der Waals surface area contributed by atoms with Crippen molar-refractivity contribution in [2.75, 3.05) is 29.5 Å². The Morgan fingerprint density at radius 1 is 1.06 bits per heavy atom. The van der Waals surface area contributed by atoms with Gasteiger partial charge in [-0.2, -0.15) is 0 Å². The van der Waals surface area contributed by atoms with E-state index in [2.05, 4.69) is 20.8 Å². The van der Waals surface area contributed by atoms with Gasteiger partial charge in [0.05, 0.1) is 11.7 Å². The summed E-state index contributed by atoms with van der Waals surface area (Å²) in [5.74, 6) is -0.520. The van der Waals surface area contributed by atoms with Crippen molar-refractivity contribution in [1.82, 2.24) is 19.7 Å². The van der Waals surface area contributed by atoms with Crippen molar-refractivity contribution in [3.8, 4) is 0 Å². The van der Waals surface area contributed by atoms with Gasteiger partial charge in [0.25, 0.3) is 5.91 Å². The summed E-state index contributed by atoms with van der Waals surface area (Å²) in [4.78, 5) is 39.9. The quantitative estimate of drug-likeness (QED) is 0.505. The summed E-state index contributed by atoms with van der Waals surface area (Å²) < 4.78 is 1.74. The summed E-state index contributed by atoms with van der Waals surface area (Å²) in [5.41, 5.74) is 1.77. The van der Waals surface area contributed by atoms with Crippen LogP contribution >= 0.6 is 11.8 Å². The maximum atomic E-state index is 13.1. The highest BCUT2D eigenvalue weighted by atomic mass is 32.2. The second-order valence-corrected chi connectivity index (χ2v) is 9.03. The molecule has 10 heteroatoms. The second-order valence-electron chi connectivity index (χ2n) is 8.09. The second kappa shape index (κ2) is 11.0.